The van der Waals surface area contributed by atoms with Crippen LogP contribution in [0.4, 0.5) is 4.39 Å². The molecule has 1 heterocycles. The summed E-state index contributed by atoms with van der Waals surface area (Å²) in [4.78, 5) is 0. The zero-order chi connectivity index (χ0) is 14.5. The van der Waals surface area contributed by atoms with Gasteiger partial charge in [-0.1, -0.05) is 0 Å². The summed E-state index contributed by atoms with van der Waals surface area (Å²) in [7, 11) is 0. The molecule has 0 aromatic heterocycles. The molecule has 0 spiro atoms. The van der Waals surface area contributed by atoms with Gasteiger partial charge in [0.1, 0.15) is 11.6 Å². The van der Waals surface area contributed by atoms with Gasteiger partial charge in [-0.25, -0.2) is 4.39 Å². The normalized spacial score (nSPS) is 18.4. The van der Waals surface area contributed by atoms with E-state index < -0.39 is 0 Å². The van der Waals surface area contributed by atoms with Gasteiger partial charge >= 0.3 is 21.2 Å². The van der Waals surface area contributed by atoms with Crippen LogP contribution in [-0.2, 0) is 4.74 Å². The first-order valence-electron chi connectivity index (χ1n) is 7.08. The third-order valence-electron chi connectivity index (χ3n) is 3.24. The molecule has 0 amide bonds. The highest BCUT2D eigenvalue weighted by Gasteiger charge is 2.17. The first kappa shape index (κ1) is 14.8. The number of hydrogen-bond donors (Lipinski definition) is 0. The van der Waals surface area contributed by atoms with Crippen LogP contribution in [0.3, 0.4) is 0 Å². The van der Waals surface area contributed by atoms with E-state index >= 15 is 0 Å². The molecule has 1 fully saturated rings. The molecule has 3 rings (SSSR count). The van der Waals surface area contributed by atoms with Crippen LogP contribution in [-0.4, -0.2) is 12.9 Å². The van der Waals surface area contributed by atoms with Gasteiger partial charge < -0.3 is 9.47 Å². The molecule has 0 bridgehead atoms. The number of ether oxygens (including phenoxy) is 2. The molecule has 1 unspecified atom stereocenters. The minimum atomic E-state index is -0.271. The zero-order valence-corrected chi connectivity index (χ0v) is 13.8. The summed E-state index contributed by atoms with van der Waals surface area (Å²) in [5.74, 6) is 0.674. The van der Waals surface area contributed by atoms with Crippen LogP contribution in [0.1, 0.15) is 19.3 Å². The van der Waals surface area contributed by atoms with E-state index in [4.69, 9.17) is 9.47 Å². The molecule has 4 heteroatoms. The Labute approximate surface area is 134 Å². The van der Waals surface area contributed by atoms with Crippen molar-refractivity contribution < 1.29 is 35.1 Å². The Kier molecular flexibility index (Phi) is 5.08. The van der Waals surface area contributed by atoms with Crippen LogP contribution in [0.5, 0.6) is 5.75 Å². The lowest BCUT2D eigenvalue weighted by molar-refractivity contribution is -0.597. The highest BCUT2D eigenvalue weighted by Crippen LogP contribution is 2.18. The molecule has 110 valence electrons. The standard InChI is InChI=1S/C17H17FIO2/c18-13-4-6-14(7-5-13)19-15-8-10-16(11-9-15)21-17-3-1-2-12-20-17/h4-11,17H,1-3,12H2/q+1. The molecule has 2 aromatic rings. The van der Waals surface area contributed by atoms with Gasteiger partial charge in [0.25, 0.3) is 0 Å². The summed E-state index contributed by atoms with van der Waals surface area (Å²) in [6, 6.07) is 14.9. The average molecular weight is 399 g/mol. The monoisotopic (exact) mass is 399 g/mol. The zero-order valence-electron chi connectivity index (χ0n) is 11.6. The summed E-state index contributed by atoms with van der Waals surface area (Å²) in [5.41, 5.74) is 0. The molecule has 0 aliphatic carbocycles. The van der Waals surface area contributed by atoms with Crippen LogP contribution in [0.2, 0.25) is 0 Å². The molecule has 2 aromatic carbocycles. The predicted octanol–water partition coefficient (Wildman–Crippen LogP) is 0.859. The lowest BCUT2D eigenvalue weighted by Crippen LogP contribution is -3.61. The molecule has 1 aliphatic rings. The topological polar surface area (TPSA) is 18.5 Å². The predicted molar refractivity (Wildman–Crippen MR) is 74.5 cm³/mol. The smallest absolute Gasteiger partial charge is 0.357 e. The second kappa shape index (κ2) is 7.22. The summed E-state index contributed by atoms with van der Waals surface area (Å²) in [5, 5.41) is 0. The number of hydrogen-bond acceptors (Lipinski definition) is 2. The maximum atomic E-state index is 12.9. The summed E-state index contributed by atoms with van der Waals surface area (Å²) < 4.78 is 26.8. The average Bonchev–Trinajstić information content (AvgIpc) is 2.53. The fourth-order valence-corrected chi connectivity index (χ4v) is 4.31. The molecular weight excluding hydrogens is 382 g/mol. The van der Waals surface area contributed by atoms with E-state index in [0.29, 0.717) is 0 Å². The van der Waals surface area contributed by atoms with Gasteiger partial charge in [-0.15, -0.1) is 0 Å². The van der Waals surface area contributed by atoms with Gasteiger partial charge in [-0.05, 0) is 61.4 Å². The van der Waals surface area contributed by atoms with E-state index in [9.17, 15) is 4.39 Å². The Hall–Kier alpha value is -1.14. The highest BCUT2D eigenvalue weighted by molar-refractivity contribution is 5.21. The van der Waals surface area contributed by atoms with Gasteiger partial charge in [0.05, 0.1) is 6.61 Å². The van der Waals surface area contributed by atoms with Gasteiger partial charge in [0, 0.05) is 6.42 Å². The SMILES string of the molecule is Fc1ccc([I+]c2ccc(OC3CCCCO3)cc2)cc1. The molecule has 21 heavy (non-hydrogen) atoms. The Bertz CT molecular complexity index is 562. The Morgan fingerprint density at radius 2 is 1.62 bits per heavy atom. The van der Waals surface area contributed by atoms with Gasteiger partial charge in [0.2, 0.25) is 0 Å². The molecular formula is C17H17FIO2+. The third kappa shape index (κ3) is 4.41. The maximum Gasteiger partial charge on any atom is 0.357 e. The molecule has 1 saturated heterocycles. The first-order chi connectivity index (χ1) is 10.3. The van der Waals surface area contributed by atoms with Crippen molar-refractivity contribution >= 4 is 0 Å². The van der Waals surface area contributed by atoms with Crippen LogP contribution < -0.4 is 25.9 Å². The minimum Gasteiger partial charge on any atom is -0.465 e. The molecule has 1 aliphatic heterocycles. The van der Waals surface area contributed by atoms with Crippen molar-refractivity contribution in [1.82, 2.24) is 0 Å². The van der Waals surface area contributed by atoms with Crippen LogP contribution in [0.15, 0.2) is 48.5 Å². The van der Waals surface area contributed by atoms with Crippen molar-refractivity contribution in [2.45, 2.75) is 25.6 Å². The number of rotatable bonds is 4. The number of benzene rings is 2. The summed E-state index contributed by atoms with van der Waals surface area (Å²) >= 11 is -0.271. The fourth-order valence-electron chi connectivity index (χ4n) is 2.15. The van der Waals surface area contributed by atoms with E-state index in [1.165, 1.54) is 25.7 Å². The van der Waals surface area contributed by atoms with E-state index in [1.54, 1.807) is 0 Å². The quantitative estimate of drug-likeness (QED) is 0.711. The van der Waals surface area contributed by atoms with Crippen molar-refractivity contribution in [2.75, 3.05) is 6.61 Å². The van der Waals surface area contributed by atoms with Crippen molar-refractivity contribution in [2.24, 2.45) is 0 Å². The highest BCUT2D eigenvalue weighted by atomic mass is 127. The Balaban J connectivity index is 1.59. The second-order valence-electron chi connectivity index (χ2n) is 4.90. The van der Waals surface area contributed by atoms with Gasteiger partial charge in [-0.2, -0.15) is 0 Å². The molecule has 0 N–H and O–H groups in total. The van der Waals surface area contributed by atoms with E-state index in [0.717, 1.165) is 25.2 Å². The first-order valence-corrected chi connectivity index (χ1v) is 9.24. The van der Waals surface area contributed by atoms with E-state index in [1.807, 2.05) is 24.3 Å². The lowest BCUT2D eigenvalue weighted by atomic mass is 10.2. The van der Waals surface area contributed by atoms with Gasteiger partial charge in [-0.3, -0.25) is 0 Å². The Morgan fingerprint density at radius 1 is 0.952 bits per heavy atom. The van der Waals surface area contributed by atoms with Crippen molar-refractivity contribution in [1.29, 1.82) is 0 Å². The van der Waals surface area contributed by atoms with Gasteiger partial charge in [0.15, 0.2) is 13.4 Å². The Morgan fingerprint density at radius 3 is 2.24 bits per heavy atom. The second-order valence-corrected chi connectivity index (χ2v) is 7.93. The molecule has 1 atom stereocenters. The maximum absolute atomic E-state index is 12.9. The lowest BCUT2D eigenvalue weighted by Gasteiger charge is -2.23. The number of halogens is 2. The largest absolute Gasteiger partial charge is 0.465 e. The molecule has 0 saturated carbocycles. The van der Waals surface area contributed by atoms with Crippen molar-refractivity contribution in [3.63, 3.8) is 0 Å². The third-order valence-corrected chi connectivity index (χ3v) is 5.92. The van der Waals surface area contributed by atoms with E-state index in [2.05, 4.69) is 12.1 Å². The van der Waals surface area contributed by atoms with E-state index in [-0.39, 0.29) is 33.3 Å². The summed E-state index contributed by atoms with van der Waals surface area (Å²) in [6.45, 7) is 0.790. The van der Waals surface area contributed by atoms with Crippen LogP contribution in [0, 0.1) is 13.0 Å². The fraction of sp³-hybridized carbons (Fsp3) is 0.294. The minimum absolute atomic E-state index is 0.101. The van der Waals surface area contributed by atoms with Crippen LogP contribution in [0.25, 0.3) is 0 Å². The van der Waals surface area contributed by atoms with Crippen molar-refractivity contribution in [3.05, 3.63) is 61.5 Å². The molecule has 0 radical (unpaired) electrons. The summed E-state index contributed by atoms with van der Waals surface area (Å²) in [6.07, 6.45) is 3.15. The van der Waals surface area contributed by atoms with Crippen LogP contribution >= 0.6 is 0 Å². The molecule has 2 nitrogen and oxygen atoms in total. The van der Waals surface area contributed by atoms with Crippen molar-refractivity contribution in [3.8, 4) is 5.75 Å².